The fourth-order valence-electron chi connectivity index (χ4n) is 2.28. The van der Waals surface area contributed by atoms with Crippen LogP contribution < -0.4 is 5.32 Å². The molecule has 26 heavy (non-hydrogen) atoms. The van der Waals surface area contributed by atoms with Crippen LogP contribution in [0.2, 0.25) is 5.02 Å². The number of aromatic nitrogens is 1. The highest BCUT2D eigenvalue weighted by Gasteiger charge is 2.32. The average Bonchev–Trinajstić information content (AvgIpc) is 3.07. The molecule has 0 fully saturated rings. The number of carbonyl (C=O) groups is 1. The van der Waals surface area contributed by atoms with Crippen molar-refractivity contribution in [2.75, 3.05) is 0 Å². The van der Waals surface area contributed by atoms with Crippen molar-refractivity contribution in [2.45, 2.75) is 6.54 Å². The molecule has 132 valence electrons. The summed E-state index contributed by atoms with van der Waals surface area (Å²) in [6, 6.07) is 11.7. The highest BCUT2D eigenvalue weighted by Crippen LogP contribution is 2.31. The molecule has 0 aliphatic heterocycles. The van der Waals surface area contributed by atoms with Crippen LogP contribution in [-0.2, 0) is 6.54 Å². The van der Waals surface area contributed by atoms with Crippen molar-refractivity contribution < 1.29 is 18.6 Å². The fraction of sp³-hybridized carbons (Fsp3) is 0.0588. The smallest absolute Gasteiger partial charge is 0.358 e. The first kappa shape index (κ1) is 17.6. The maximum atomic E-state index is 12.9. The first-order valence-electron chi connectivity index (χ1n) is 7.38. The predicted molar refractivity (Wildman–Crippen MR) is 91.2 cm³/mol. The lowest BCUT2D eigenvalue weighted by molar-refractivity contribution is -0.391. The summed E-state index contributed by atoms with van der Waals surface area (Å²) >= 11 is 5.83. The quantitative estimate of drug-likeness (QED) is 0.537. The molecule has 0 radical (unpaired) electrons. The van der Waals surface area contributed by atoms with Crippen molar-refractivity contribution in [3.8, 4) is 11.3 Å². The molecule has 1 heterocycles. The number of amides is 1. The third-order valence-electron chi connectivity index (χ3n) is 3.55. The summed E-state index contributed by atoms with van der Waals surface area (Å²) in [5, 5.41) is 17.6. The highest BCUT2D eigenvalue weighted by molar-refractivity contribution is 6.30. The Morgan fingerprint density at radius 2 is 1.85 bits per heavy atom. The minimum atomic E-state index is -0.796. The van der Waals surface area contributed by atoms with Crippen LogP contribution in [0.4, 0.5) is 10.2 Å². The Morgan fingerprint density at radius 1 is 1.19 bits per heavy atom. The first-order valence-corrected chi connectivity index (χ1v) is 7.76. The second kappa shape index (κ2) is 7.32. The number of nitrogens with one attached hydrogen (secondary N) is 1. The van der Waals surface area contributed by atoms with E-state index in [2.05, 4.69) is 10.5 Å². The van der Waals surface area contributed by atoms with Crippen molar-refractivity contribution in [3.63, 3.8) is 0 Å². The van der Waals surface area contributed by atoms with Crippen LogP contribution in [0.25, 0.3) is 11.3 Å². The van der Waals surface area contributed by atoms with E-state index < -0.39 is 22.5 Å². The molecule has 0 saturated carbocycles. The van der Waals surface area contributed by atoms with Crippen LogP contribution in [0.1, 0.15) is 15.9 Å². The molecular formula is C17H11ClFN3O4. The molecule has 2 aromatic carbocycles. The summed E-state index contributed by atoms with van der Waals surface area (Å²) in [4.78, 5) is 22.9. The number of halogens is 2. The average molecular weight is 376 g/mol. The van der Waals surface area contributed by atoms with Crippen molar-refractivity contribution in [2.24, 2.45) is 0 Å². The molecule has 0 aliphatic carbocycles. The number of nitrogens with zero attached hydrogens (tertiary/aromatic N) is 2. The van der Waals surface area contributed by atoms with Gasteiger partial charge in [0.1, 0.15) is 5.82 Å². The molecule has 0 bridgehead atoms. The number of hydrogen-bond acceptors (Lipinski definition) is 5. The topological polar surface area (TPSA) is 98.3 Å². The Bertz CT molecular complexity index is 955. The van der Waals surface area contributed by atoms with Gasteiger partial charge in [0.05, 0.1) is 0 Å². The van der Waals surface area contributed by atoms with Crippen LogP contribution in [0, 0.1) is 15.9 Å². The van der Waals surface area contributed by atoms with E-state index in [1.54, 1.807) is 24.3 Å². The summed E-state index contributed by atoms with van der Waals surface area (Å²) in [6.45, 7) is 0.0570. The molecular weight excluding hydrogens is 365 g/mol. The normalized spacial score (nSPS) is 10.5. The van der Waals surface area contributed by atoms with Crippen LogP contribution in [-0.4, -0.2) is 16.0 Å². The van der Waals surface area contributed by atoms with E-state index in [0.717, 1.165) is 0 Å². The minimum Gasteiger partial charge on any atom is -0.358 e. The van der Waals surface area contributed by atoms with Gasteiger partial charge >= 0.3 is 5.82 Å². The van der Waals surface area contributed by atoms with Crippen molar-refractivity contribution in [3.05, 3.63) is 80.6 Å². The molecule has 1 amide bonds. The third-order valence-corrected chi connectivity index (χ3v) is 3.80. The highest BCUT2D eigenvalue weighted by atomic mass is 35.5. The molecule has 0 spiro atoms. The van der Waals surface area contributed by atoms with Crippen LogP contribution >= 0.6 is 11.6 Å². The van der Waals surface area contributed by atoms with E-state index in [-0.39, 0.29) is 17.9 Å². The van der Waals surface area contributed by atoms with E-state index in [9.17, 15) is 19.3 Å². The van der Waals surface area contributed by atoms with E-state index in [1.165, 1.54) is 24.3 Å². The van der Waals surface area contributed by atoms with Gasteiger partial charge in [0.25, 0.3) is 5.91 Å². The van der Waals surface area contributed by atoms with E-state index in [1.807, 2.05) is 0 Å². The zero-order valence-corrected chi connectivity index (χ0v) is 13.9. The molecule has 0 aliphatic rings. The maximum Gasteiger partial charge on any atom is 0.427 e. The Hall–Kier alpha value is -3.26. The number of carbonyl (C=O) groups excluding carboxylic acids is 1. The van der Waals surface area contributed by atoms with E-state index in [0.29, 0.717) is 16.1 Å². The van der Waals surface area contributed by atoms with Gasteiger partial charge in [-0.15, -0.1) is 0 Å². The van der Waals surface area contributed by atoms with Gasteiger partial charge < -0.3 is 15.4 Å². The summed E-state index contributed by atoms with van der Waals surface area (Å²) in [5.74, 6) is -1.86. The summed E-state index contributed by atoms with van der Waals surface area (Å²) in [7, 11) is 0. The summed E-state index contributed by atoms with van der Waals surface area (Å²) in [6.07, 6.45) is 0. The molecule has 9 heteroatoms. The van der Waals surface area contributed by atoms with E-state index >= 15 is 0 Å². The standard InChI is InChI=1S/C17H11ClFN3O4/c18-12-5-3-11(4-6-12)15-14(16(21-26-15)22(24)25)17(23)20-9-10-1-7-13(19)8-2-10/h1-8H,9H2,(H,20,23). The van der Waals surface area contributed by atoms with Gasteiger partial charge in [-0.1, -0.05) is 23.7 Å². The van der Waals surface area contributed by atoms with Gasteiger partial charge in [0, 0.05) is 17.1 Å². The third kappa shape index (κ3) is 3.70. The lowest BCUT2D eigenvalue weighted by Crippen LogP contribution is -2.23. The minimum absolute atomic E-state index is 0.0371. The van der Waals surface area contributed by atoms with Gasteiger partial charge in [-0.05, 0) is 46.9 Å². The summed E-state index contributed by atoms with van der Waals surface area (Å²) < 4.78 is 18.0. The van der Waals surface area contributed by atoms with Crippen molar-refractivity contribution in [1.29, 1.82) is 0 Å². The van der Waals surface area contributed by atoms with Gasteiger partial charge in [-0.2, -0.15) is 0 Å². The molecule has 7 nitrogen and oxygen atoms in total. The lowest BCUT2D eigenvalue weighted by Gasteiger charge is -2.05. The van der Waals surface area contributed by atoms with Gasteiger partial charge in [-0.25, -0.2) is 4.39 Å². The van der Waals surface area contributed by atoms with Crippen LogP contribution in [0.5, 0.6) is 0 Å². The van der Waals surface area contributed by atoms with E-state index in [4.69, 9.17) is 16.1 Å². The van der Waals surface area contributed by atoms with Crippen LogP contribution in [0.3, 0.4) is 0 Å². The van der Waals surface area contributed by atoms with Gasteiger partial charge in [-0.3, -0.25) is 9.32 Å². The number of hydrogen-bond donors (Lipinski definition) is 1. The van der Waals surface area contributed by atoms with Gasteiger partial charge in [0.15, 0.2) is 10.7 Å². The Balaban J connectivity index is 1.90. The van der Waals surface area contributed by atoms with Crippen LogP contribution in [0.15, 0.2) is 53.1 Å². The zero-order chi connectivity index (χ0) is 18.7. The molecule has 0 unspecified atom stereocenters. The molecule has 3 aromatic rings. The molecule has 0 atom stereocenters. The Labute approximate surface area is 151 Å². The van der Waals surface area contributed by atoms with Crippen molar-refractivity contribution in [1.82, 2.24) is 10.5 Å². The Kier molecular flexibility index (Phi) is 4.94. The molecule has 0 saturated heterocycles. The zero-order valence-electron chi connectivity index (χ0n) is 13.1. The lowest BCUT2D eigenvalue weighted by atomic mass is 10.1. The number of rotatable bonds is 5. The molecule has 3 rings (SSSR count). The Morgan fingerprint density at radius 3 is 2.46 bits per heavy atom. The van der Waals surface area contributed by atoms with Crippen molar-refractivity contribution >= 4 is 23.3 Å². The monoisotopic (exact) mass is 375 g/mol. The second-order valence-electron chi connectivity index (χ2n) is 5.28. The largest absolute Gasteiger partial charge is 0.427 e. The first-order chi connectivity index (χ1) is 12.5. The number of benzene rings is 2. The fourth-order valence-corrected chi connectivity index (χ4v) is 2.41. The summed E-state index contributed by atoms with van der Waals surface area (Å²) in [5.41, 5.74) is 0.758. The molecule has 1 N–H and O–H groups in total. The predicted octanol–water partition coefficient (Wildman–Crippen LogP) is 3.97. The maximum absolute atomic E-state index is 12.9. The van der Waals surface area contributed by atoms with Gasteiger partial charge in [0.2, 0.25) is 5.76 Å². The number of nitro groups is 1. The molecule has 1 aromatic heterocycles. The second-order valence-corrected chi connectivity index (χ2v) is 5.72. The SMILES string of the molecule is O=C(NCc1ccc(F)cc1)c1c([N+](=O)[O-])noc1-c1ccc(Cl)cc1.